The molecule has 164 valence electrons. The van der Waals surface area contributed by atoms with Gasteiger partial charge in [-0.15, -0.1) is 11.3 Å². The van der Waals surface area contributed by atoms with Crippen molar-refractivity contribution in [3.05, 3.63) is 40.5 Å². The Balaban J connectivity index is 1.62. The number of thiophene rings is 1. The minimum absolute atomic E-state index is 0.0836. The lowest BCUT2D eigenvalue weighted by molar-refractivity contribution is 0.184. The van der Waals surface area contributed by atoms with Gasteiger partial charge in [0.25, 0.3) is 0 Å². The molecule has 2 heterocycles. The first-order chi connectivity index (χ1) is 14.9. The van der Waals surface area contributed by atoms with Crippen LogP contribution in [0.5, 0.6) is 11.5 Å². The van der Waals surface area contributed by atoms with Crippen molar-refractivity contribution in [1.29, 1.82) is 0 Å². The number of hydrazone groups is 1. The maximum absolute atomic E-state index is 10.4. The molecule has 2 N–H and O–H groups in total. The molecular formula is C24H30N4O2S. The average molecular weight is 439 g/mol. The Morgan fingerprint density at radius 2 is 2.16 bits per heavy atom. The Bertz CT molecular complexity index is 1110. The second-order valence-electron chi connectivity index (χ2n) is 8.69. The molecule has 0 saturated carbocycles. The van der Waals surface area contributed by atoms with Crippen LogP contribution < -0.4 is 10.2 Å². The number of nitrogens with one attached hydrogen (secondary N) is 1. The molecule has 0 unspecified atom stereocenters. The Kier molecular flexibility index (Phi) is 6.14. The number of ether oxygens (including phenoxy) is 1. The van der Waals surface area contributed by atoms with Gasteiger partial charge in [-0.2, -0.15) is 5.10 Å². The van der Waals surface area contributed by atoms with Crippen LogP contribution in [0.3, 0.4) is 0 Å². The first kappa shape index (κ1) is 21.6. The number of anilines is 1. The molecule has 0 amide bonds. The van der Waals surface area contributed by atoms with Crippen LogP contribution in [0.1, 0.15) is 56.5 Å². The van der Waals surface area contributed by atoms with Crippen molar-refractivity contribution in [2.45, 2.75) is 53.4 Å². The second kappa shape index (κ2) is 8.83. The van der Waals surface area contributed by atoms with E-state index in [9.17, 15) is 5.11 Å². The van der Waals surface area contributed by atoms with Gasteiger partial charge in [-0.25, -0.2) is 9.97 Å². The minimum Gasteiger partial charge on any atom is -0.504 e. The predicted octanol–water partition coefficient (Wildman–Crippen LogP) is 5.78. The van der Waals surface area contributed by atoms with Gasteiger partial charge in [0, 0.05) is 10.4 Å². The van der Waals surface area contributed by atoms with Gasteiger partial charge in [0.2, 0.25) is 0 Å². The van der Waals surface area contributed by atoms with Crippen LogP contribution in [0.25, 0.3) is 10.2 Å². The van der Waals surface area contributed by atoms with E-state index in [0.717, 1.165) is 23.1 Å². The highest BCUT2D eigenvalue weighted by Gasteiger charge is 2.33. The third-order valence-electron chi connectivity index (χ3n) is 6.56. The van der Waals surface area contributed by atoms with Gasteiger partial charge in [0.05, 0.1) is 18.2 Å². The standard InChI is InChI=1S/C24H30N4O2S/c1-5-24(3,4)16-10-11-19-17(12-16)20-22(25-14-26-23(20)31-19)28-27-13-15-8-7-9-18(21(15)29)30-6-2/h7-9,13-14,16,29H,5-6,10-12H2,1-4H3,(H,25,26,28)/b27-13-/t16-/m1/s1. The molecule has 4 rings (SSSR count). The first-order valence-corrected chi connectivity index (χ1v) is 11.7. The molecular weight excluding hydrogens is 408 g/mol. The zero-order valence-corrected chi connectivity index (χ0v) is 19.4. The zero-order valence-electron chi connectivity index (χ0n) is 18.6. The third-order valence-corrected chi connectivity index (χ3v) is 7.76. The third kappa shape index (κ3) is 4.24. The minimum atomic E-state index is 0.0836. The summed E-state index contributed by atoms with van der Waals surface area (Å²) < 4.78 is 5.45. The molecule has 1 aromatic carbocycles. The SMILES string of the molecule is CCOc1cccc(/C=N\Nc2ncnc3sc4c(c23)C[C@H](C(C)(C)CC)CC4)c1O. The second-order valence-corrected chi connectivity index (χ2v) is 9.77. The number of nitrogens with zero attached hydrogens (tertiary/aromatic N) is 3. The fraction of sp³-hybridized carbons (Fsp3) is 0.458. The molecule has 1 aliphatic carbocycles. The van der Waals surface area contributed by atoms with Crippen LogP contribution in [-0.4, -0.2) is 27.9 Å². The van der Waals surface area contributed by atoms with Crippen molar-refractivity contribution in [3.63, 3.8) is 0 Å². The molecule has 2 aromatic heterocycles. The van der Waals surface area contributed by atoms with E-state index in [1.165, 1.54) is 23.3 Å². The maximum atomic E-state index is 10.4. The fourth-order valence-electron chi connectivity index (χ4n) is 4.23. The number of para-hydroxylation sites is 1. The van der Waals surface area contributed by atoms with E-state index in [1.54, 1.807) is 36.0 Å². The lowest BCUT2D eigenvalue weighted by Gasteiger charge is -2.36. The van der Waals surface area contributed by atoms with Crippen molar-refractivity contribution >= 4 is 33.6 Å². The van der Waals surface area contributed by atoms with E-state index < -0.39 is 0 Å². The summed E-state index contributed by atoms with van der Waals surface area (Å²) in [6, 6.07) is 5.37. The quantitative estimate of drug-likeness (QED) is 0.361. The van der Waals surface area contributed by atoms with E-state index in [0.29, 0.717) is 35.1 Å². The zero-order chi connectivity index (χ0) is 22.0. The molecule has 0 aliphatic heterocycles. The van der Waals surface area contributed by atoms with Gasteiger partial charge in [-0.05, 0) is 55.2 Å². The Labute approximate surface area is 187 Å². The Morgan fingerprint density at radius 3 is 2.94 bits per heavy atom. The average Bonchev–Trinajstić information content (AvgIpc) is 3.15. The fourth-order valence-corrected chi connectivity index (χ4v) is 5.41. The summed E-state index contributed by atoms with van der Waals surface area (Å²) >= 11 is 1.77. The largest absolute Gasteiger partial charge is 0.504 e. The number of benzene rings is 1. The number of hydrogen-bond donors (Lipinski definition) is 2. The van der Waals surface area contributed by atoms with Gasteiger partial charge in [-0.3, -0.25) is 5.43 Å². The molecule has 31 heavy (non-hydrogen) atoms. The summed E-state index contributed by atoms with van der Waals surface area (Å²) in [6.07, 6.45) is 7.73. The number of fused-ring (bicyclic) bond motifs is 3. The molecule has 0 bridgehead atoms. The summed E-state index contributed by atoms with van der Waals surface area (Å²) in [4.78, 5) is 11.4. The number of hydrogen-bond acceptors (Lipinski definition) is 7. The summed E-state index contributed by atoms with van der Waals surface area (Å²) in [5, 5.41) is 15.8. The highest BCUT2D eigenvalue weighted by atomic mass is 32.1. The number of rotatable bonds is 7. The number of phenolic OH excluding ortho intramolecular Hbond substituents is 1. The van der Waals surface area contributed by atoms with Crippen LogP contribution in [-0.2, 0) is 12.8 Å². The number of aromatic hydroxyl groups is 1. The van der Waals surface area contributed by atoms with Crippen LogP contribution in [0.4, 0.5) is 5.82 Å². The molecule has 0 saturated heterocycles. The molecule has 1 atom stereocenters. The highest BCUT2D eigenvalue weighted by molar-refractivity contribution is 7.19. The lowest BCUT2D eigenvalue weighted by Crippen LogP contribution is -2.28. The van der Waals surface area contributed by atoms with E-state index in [2.05, 4.69) is 41.3 Å². The van der Waals surface area contributed by atoms with E-state index in [-0.39, 0.29) is 5.75 Å². The van der Waals surface area contributed by atoms with Gasteiger partial charge < -0.3 is 9.84 Å². The topological polar surface area (TPSA) is 79.6 Å². The van der Waals surface area contributed by atoms with E-state index >= 15 is 0 Å². The van der Waals surface area contributed by atoms with Gasteiger partial charge in [-0.1, -0.05) is 33.3 Å². The summed E-state index contributed by atoms with van der Waals surface area (Å²) in [7, 11) is 0. The molecule has 0 fully saturated rings. The number of phenols is 1. The normalized spacial score (nSPS) is 16.6. The van der Waals surface area contributed by atoms with E-state index in [4.69, 9.17) is 4.74 Å². The van der Waals surface area contributed by atoms with Crippen molar-refractivity contribution in [1.82, 2.24) is 9.97 Å². The number of aryl methyl sites for hydroxylation is 1. The molecule has 3 aromatic rings. The van der Waals surface area contributed by atoms with Gasteiger partial charge >= 0.3 is 0 Å². The monoisotopic (exact) mass is 438 g/mol. The first-order valence-electron chi connectivity index (χ1n) is 10.9. The van der Waals surface area contributed by atoms with Crippen molar-refractivity contribution in [3.8, 4) is 11.5 Å². The predicted molar refractivity (Wildman–Crippen MR) is 127 cm³/mol. The smallest absolute Gasteiger partial charge is 0.166 e. The van der Waals surface area contributed by atoms with Crippen LogP contribution in [0.15, 0.2) is 29.6 Å². The molecule has 0 spiro atoms. The summed E-state index contributed by atoms with van der Waals surface area (Å²) in [5.74, 6) is 1.90. The van der Waals surface area contributed by atoms with Crippen LogP contribution in [0.2, 0.25) is 0 Å². The molecule has 6 nitrogen and oxygen atoms in total. The van der Waals surface area contributed by atoms with Gasteiger partial charge in [0.1, 0.15) is 11.2 Å². The maximum Gasteiger partial charge on any atom is 0.166 e. The highest BCUT2D eigenvalue weighted by Crippen LogP contribution is 2.45. The molecule has 7 heteroatoms. The van der Waals surface area contributed by atoms with E-state index in [1.807, 2.05) is 13.0 Å². The van der Waals surface area contributed by atoms with Crippen molar-refractivity contribution in [2.24, 2.45) is 16.4 Å². The number of aromatic nitrogens is 2. The van der Waals surface area contributed by atoms with Gasteiger partial charge in [0.15, 0.2) is 17.3 Å². The Morgan fingerprint density at radius 1 is 1.32 bits per heavy atom. The summed E-state index contributed by atoms with van der Waals surface area (Å²) in [6.45, 7) is 9.41. The lowest BCUT2D eigenvalue weighted by atomic mass is 9.69. The van der Waals surface area contributed by atoms with Crippen LogP contribution >= 0.6 is 11.3 Å². The summed E-state index contributed by atoms with van der Waals surface area (Å²) in [5.41, 5.74) is 5.36. The van der Waals surface area contributed by atoms with Crippen molar-refractivity contribution in [2.75, 3.05) is 12.0 Å². The Hall–Kier alpha value is -2.67. The molecule has 0 radical (unpaired) electrons. The van der Waals surface area contributed by atoms with Crippen molar-refractivity contribution < 1.29 is 9.84 Å². The van der Waals surface area contributed by atoms with Crippen LogP contribution in [0, 0.1) is 11.3 Å². The molecule has 1 aliphatic rings.